The molecule has 7 nitrogen and oxygen atoms in total. The van der Waals surface area contributed by atoms with Crippen molar-refractivity contribution in [3.8, 4) is 11.5 Å². The summed E-state index contributed by atoms with van der Waals surface area (Å²) in [4.78, 5) is 31.8. The maximum Gasteiger partial charge on any atom is 0.223 e. The van der Waals surface area contributed by atoms with E-state index in [0.717, 1.165) is 12.0 Å². The van der Waals surface area contributed by atoms with E-state index < -0.39 is 23.2 Å². The van der Waals surface area contributed by atoms with Crippen molar-refractivity contribution < 1.29 is 24.5 Å². The molecule has 224 valence electrons. The van der Waals surface area contributed by atoms with E-state index in [-0.39, 0.29) is 23.5 Å². The number of amides is 1. The van der Waals surface area contributed by atoms with Gasteiger partial charge in [-0.2, -0.15) is 0 Å². The van der Waals surface area contributed by atoms with Crippen molar-refractivity contribution in [3.05, 3.63) is 94.0 Å². The molecule has 5 atom stereocenters. The number of likely N-dealkylation sites (N-methyl/N-ethyl adjacent to an activating group) is 1. The number of nitrogens with zero attached hydrogens (tertiary/aromatic N) is 2. The summed E-state index contributed by atoms with van der Waals surface area (Å²) in [6.07, 6.45) is 2.70. The van der Waals surface area contributed by atoms with E-state index in [4.69, 9.17) is 4.74 Å². The minimum absolute atomic E-state index is 0.0231. The summed E-state index contributed by atoms with van der Waals surface area (Å²) < 4.78 is 6.59. The topological polar surface area (TPSA) is 90.3 Å². The molecule has 2 unspecified atom stereocenters. The molecule has 2 N–H and O–H groups in total. The van der Waals surface area contributed by atoms with Crippen molar-refractivity contribution in [2.24, 2.45) is 0 Å². The maximum absolute atomic E-state index is 14.2. The molecule has 3 aromatic rings. The van der Waals surface area contributed by atoms with Gasteiger partial charge in [0.2, 0.25) is 5.91 Å². The van der Waals surface area contributed by atoms with Crippen LogP contribution in [0.2, 0.25) is 0 Å². The van der Waals surface area contributed by atoms with Crippen molar-refractivity contribution in [1.29, 1.82) is 0 Å². The van der Waals surface area contributed by atoms with Crippen molar-refractivity contribution in [2.45, 2.75) is 81.6 Å². The number of benzene rings is 3. The number of carbonyl (C=O) groups is 2. The number of piperidine rings is 1. The first-order valence-electron chi connectivity index (χ1n) is 15.5. The second kappa shape index (κ2) is 10.2. The van der Waals surface area contributed by atoms with Crippen LogP contribution >= 0.6 is 0 Å². The lowest BCUT2D eigenvalue weighted by atomic mass is 9.48. The number of aryl methyl sites for hydroxylation is 3. The summed E-state index contributed by atoms with van der Waals surface area (Å²) in [5.74, 6) is 0.193. The predicted molar refractivity (Wildman–Crippen MR) is 164 cm³/mol. The Morgan fingerprint density at radius 2 is 1.81 bits per heavy atom. The number of rotatable bonds is 7. The van der Waals surface area contributed by atoms with Crippen LogP contribution in [0.1, 0.15) is 63.9 Å². The molecule has 0 radical (unpaired) electrons. The quantitative estimate of drug-likeness (QED) is 0.428. The second-order valence-corrected chi connectivity index (χ2v) is 13.1. The highest BCUT2D eigenvalue weighted by atomic mass is 16.5. The minimum atomic E-state index is -1.37. The van der Waals surface area contributed by atoms with Gasteiger partial charge in [-0.1, -0.05) is 48.5 Å². The summed E-state index contributed by atoms with van der Waals surface area (Å²) in [6.45, 7) is 5.45. The maximum atomic E-state index is 14.2. The van der Waals surface area contributed by atoms with Gasteiger partial charge in [-0.15, -0.1) is 0 Å². The molecule has 1 saturated carbocycles. The third kappa shape index (κ3) is 4.08. The number of hydrogen-bond acceptors (Lipinski definition) is 6. The summed E-state index contributed by atoms with van der Waals surface area (Å²) >= 11 is 0. The molecule has 2 aliphatic heterocycles. The van der Waals surface area contributed by atoms with Gasteiger partial charge >= 0.3 is 0 Å². The molecule has 7 heteroatoms. The number of hydrogen-bond donors (Lipinski definition) is 2. The number of aliphatic hydroxyl groups is 1. The van der Waals surface area contributed by atoms with Gasteiger partial charge in [-0.05, 0) is 80.3 Å². The van der Waals surface area contributed by atoms with Crippen LogP contribution in [-0.2, 0) is 23.1 Å². The van der Waals surface area contributed by atoms with Gasteiger partial charge in [0.05, 0.1) is 11.5 Å². The highest BCUT2D eigenvalue weighted by Gasteiger charge is 2.75. The Kier molecular flexibility index (Phi) is 6.67. The Hall–Kier alpha value is -3.68. The fourth-order valence-corrected chi connectivity index (χ4v) is 8.59. The third-order valence-corrected chi connectivity index (χ3v) is 11.0. The van der Waals surface area contributed by atoms with E-state index in [1.54, 1.807) is 11.0 Å². The first kappa shape index (κ1) is 28.1. The van der Waals surface area contributed by atoms with Gasteiger partial charge in [0, 0.05) is 37.7 Å². The molecule has 1 spiro atoms. The van der Waals surface area contributed by atoms with Crippen LogP contribution in [0.4, 0.5) is 0 Å². The van der Waals surface area contributed by atoms with Crippen molar-refractivity contribution >= 4 is 11.7 Å². The summed E-state index contributed by atoms with van der Waals surface area (Å²) in [5, 5.41) is 23.7. The number of phenolic OH excluding ortho intramolecular Hbond substituents is 1. The Labute approximate surface area is 253 Å². The van der Waals surface area contributed by atoms with Crippen molar-refractivity contribution in [2.75, 3.05) is 20.1 Å². The van der Waals surface area contributed by atoms with Gasteiger partial charge in [0.25, 0.3) is 0 Å². The molecule has 2 bridgehead atoms. The van der Waals surface area contributed by atoms with Crippen LogP contribution in [0.25, 0.3) is 0 Å². The fourth-order valence-electron chi connectivity index (χ4n) is 8.59. The van der Waals surface area contributed by atoms with Gasteiger partial charge in [0.15, 0.2) is 17.3 Å². The van der Waals surface area contributed by atoms with E-state index in [0.29, 0.717) is 62.1 Å². The average molecular weight is 581 g/mol. The number of Topliss-reactive ketones (excluding diaryl/α,β-unsaturated/α-hetero) is 1. The number of carbonyl (C=O) groups excluding carboxylic acids is 2. The first-order chi connectivity index (χ1) is 20.7. The van der Waals surface area contributed by atoms with Crippen LogP contribution in [0.5, 0.6) is 11.5 Å². The molecule has 4 aliphatic rings. The molecule has 7 rings (SSSR count). The van der Waals surface area contributed by atoms with Crippen LogP contribution in [0, 0.1) is 13.8 Å². The Morgan fingerprint density at radius 1 is 1.02 bits per heavy atom. The molecular weight excluding hydrogens is 540 g/mol. The van der Waals surface area contributed by atoms with Crippen LogP contribution in [-0.4, -0.2) is 75.6 Å². The molecular formula is C36H40N2O5. The number of likely N-dealkylation sites (tertiary alicyclic amines) is 1. The molecule has 3 aromatic carbocycles. The molecule has 2 fully saturated rings. The Morgan fingerprint density at radius 3 is 2.58 bits per heavy atom. The van der Waals surface area contributed by atoms with Gasteiger partial charge in [-0.25, -0.2) is 0 Å². The number of phenols is 1. The Balaban J connectivity index is 1.20. The first-order valence-corrected chi connectivity index (χ1v) is 15.5. The fraction of sp³-hybridized carbons (Fsp3) is 0.444. The standard InChI is InChI=1S/C36H40N2O5/c1-22-9-10-25(21-23(22)2)11-14-29(40)37(3)27-15-17-36(42)33-31(41)26-12-13-28(39)32-30(26)35(36,34(27)43-32)18-20-38(33)19-16-24-7-5-4-6-8-24/h4-10,12-13,21,27,33-34,39,42H,11,14-20H2,1-3H3/t27?,33-,34?,35+,36-/m1/s1. The third-order valence-electron chi connectivity index (χ3n) is 11.0. The van der Waals surface area contributed by atoms with Gasteiger partial charge in [-0.3, -0.25) is 14.5 Å². The summed E-state index contributed by atoms with van der Waals surface area (Å²) in [6, 6.07) is 18.8. The molecule has 2 heterocycles. The van der Waals surface area contributed by atoms with Crippen molar-refractivity contribution in [3.63, 3.8) is 0 Å². The lowest BCUT2D eigenvalue weighted by Crippen LogP contribution is -2.79. The highest BCUT2D eigenvalue weighted by molar-refractivity contribution is 6.06. The minimum Gasteiger partial charge on any atom is -0.504 e. The van der Waals surface area contributed by atoms with Crippen LogP contribution in [0.3, 0.4) is 0 Å². The molecule has 1 saturated heterocycles. The lowest BCUT2D eigenvalue weighted by Gasteiger charge is -2.63. The van der Waals surface area contributed by atoms with Gasteiger partial charge < -0.3 is 19.8 Å². The monoisotopic (exact) mass is 580 g/mol. The van der Waals surface area contributed by atoms with Gasteiger partial charge in [0.1, 0.15) is 17.7 Å². The highest BCUT2D eigenvalue weighted by Crippen LogP contribution is 2.65. The molecule has 1 amide bonds. The lowest BCUT2D eigenvalue weighted by molar-refractivity contribution is -0.188. The van der Waals surface area contributed by atoms with E-state index in [9.17, 15) is 19.8 Å². The van der Waals surface area contributed by atoms with Crippen LogP contribution < -0.4 is 4.74 Å². The van der Waals surface area contributed by atoms with Crippen molar-refractivity contribution in [1.82, 2.24) is 9.80 Å². The molecule has 2 aliphatic carbocycles. The Bertz CT molecular complexity index is 1600. The summed E-state index contributed by atoms with van der Waals surface area (Å²) in [5.41, 5.74) is 3.70. The van der Waals surface area contributed by atoms with E-state index >= 15 is 0 Å². The number of ether oxygens (including phenoxy) is 1. The van der Waals surface area contributed by atoms with E-state index in [1.165, 1.54) is 22.8 Å². The van der Waals surface area contributed by atoms with E-state index in [1.807, 2.05) is 25.2 Å². The second-order valence-electron chi connectivity index (χ2n) is 13.1. The largest absolute Gasteiger partial charge is 0.504 e. The average Bonchev–Trinajstić information content (AvgIpc) is 3.36. The predicted octanol–water partition coefficient (Wildman–Crippen LogP) is 4.51. The zero-order valence-corrected chi connectivity index (χ0v) is 25.2. The van der Waals surface area contributed by atoms with Crippen LogP contribution in [0.15, 0.2) is 60.7 Å². The smallest absolute Gasteiger partial charge is 0.223 e. The normalized spacial score (nSPS) is 28.7. The molecule has 43 heavy (non-hydrogen) atoms. The molecule has 0 aromatic heterocycles. The number of aromatic hydroxyl groups is 1. The zero-order chi connectivity index (χ0) is 30.1. The number of ketones is 1. The van der Waals surface area contributed by atoms with E-state index in [2.05, 4.69) is 49.1 Å². The zero-order valence-electron chi connectivity index (χ0n) is 25.2. The SMILES string of the molecule is Cc1ccc(CCC(=O)N(C)C2CC[C@@]3(O)[C@H]4C(=O)c5ccc(O)c6c5[C@@]3(CCN4CCc3ccccc3)C2O6)cc1C. The summed E-state index contributed by atoms with van der Waals surface area (Å²) in [7, 11) is 1.84.